The second-order valence-corrected chi connectivity index (χ2v) is 6.53. The standard InChI is InChI=1S/C18H15ClN2O2S/c1-11-16(24-18(20-11)12-6-4-3-5-7-12)17(22)21-14-10-13(19)8-9-15(14)23-2/h3-10H,1-2H3,(H,21,22). The lowest BCUT2D eigenvalue weighted by Gasteiger charge is -2.09. The van der Waals surface area contributed by atoms with E-state index < -0.39 is 0 Å². The van der Waals surface area contributed by atoms with Crippen LogP contribution in [-0.2, 0) is 0 Å². The van der Waals surface area contributed by atoms with Crippen LogP contribution in [0.3, 0.4) is 0 Å². The van der Waals surface area contributed by atoms with Crippen LogP contribution in [0.25, 0.3) is 10.6 Å². The number of thiazole rings is 1. The normalized spacial score (nSPS) is 10.5. The molecule has 4 nitrogen and oxygen atoms in total. The second kappa shape index (κ2) is 7.03. The Morgan fingerprint density at radius 1 is 1.21 bits per heavy atom. The molecule has 0 atom stereocenters. The minimum atomic E-state index is -0.229. The number of methoxy groups -OCH3 is 1. The summed E-state index contributed by atoms with van der Waals surface area (Å²) in [6, 6.07) is 14.9. The molecule has 1 N–H and O–H groups in total. The van der Waals surface area contributed by atoms with Gasteiger partial charge in [-0.15, -0.1) is 11.3 Å². The van der Waals surface area contributed by atoms with E-state index in [4.69, 9.17) is 16.3 Å². The van der Waals surface area contributed by atoms with Crippen LogP contribution in [0, 0.1) is 6.92 Å². The van der Waals surface area contributed by atoms with E-state index in [1.165, 1.54) is 11.3 Å². The van der Waals surface area contributed by atoms with Crippen molar-refractivity contribution in [2.45, 2.75) is 6.92 Å². The van der Waals surface area contributed by atoms with Crippen LogP contribution in [-0.4, -0.2) is 18.0 Å². The fraction of sp³-hybridized carbons (Fsp3) is 0.111. The summed E-state index contributed by atoms with van der Waals surface area (Å²) in [5.41, 5.74) is 2.21. The summed E-state index contributed by atoms with van der Waals surface area (Å²) in [5.74, 6) is 0.325. The Bertz CT molecular complexity index is 878. The maximum Gasteiger partial charge on any atom is 0.267 e. The molecule has 0 unspecified atom stereocenters. The van der Waals surface area contributed by atoms with Gasteiger partial charge >= 0.3 is 0 Å². The zero-order valence-electron chi connectivity index (χ0n) is 13.2. The number of hydrogen-bond donors (Lipinski definition) is 1. The van der Waals surface area contributed by atoms with Crippen molar-refractivity contribution in [3.05, 3.63) is 64.1 Å². The number of carbonyl (C=O) groups excluding carboxylic acids is 1. The molecule has 3 rings (SSSR count). The first-order valence-corrected chi connectivity index (χ1v) is 8.45. The fourth-order valence-corrected chi connectivity index (χ4v) is 3.41. The number of hydrogen-bond acceptors (Lipinski definition) is 4. The fourth-order valence-electron chi connectivity index (χ4n) is 2.27. The number of carbonyl (C=O) groups is 1. The number of rotatable bonds is 4. The zero-order valence-corrected chi connectivity index (χ0v) is 14.7. The predicted octanol–water partition coefficient (Wildman–Crippen LogP) is 5.03. The number of anilines is 1. The minimum Gasteiger partial charge on any atom is -0.495 e. The number of halogens is 1. The number of benzene rings is 2. The quantitative estimate of drug-likeness (QED) is 0.711. The van der Waals surface area contributed by atoms with Gasteiger partial charge in [-0.1, -0.05) is 41.9 Å². The average molecular weight is 359 g/mol. The van der Waals surface area contributed by atoms with E-state index in [0.717, 1.165) is 10.6 Å². The Balaban J connectivity index is 1.89. The number of nitrogens with zero attached hydrogens (tertiary/aromatic N) is 1. The van der Waals surface area contributed by atoms with Gasteiger partial charge in [-0.3, -0.25) is 4.79 Å². The van der Waals surface area contributed by atoms with E-state index in [9.17, 15) is 4.79 Å². The van der Waals surface area contributed by atoms with E-state index in [-0.39, 0.29) is 5.91 Å². The molecule has 1 heterocycles. The maximum atomic E-state index is 12.6. The molecule has 0 fully saturated rings. The molecule has 6 heteroatoms. The number of ether oxygens (including phenoxy) is 1. The molecule has 24 heavy (non-hydrogen) atoms. The van der Waals surface area contributed by atoms with Crippen LogP contribution in [0.2, 0.25) is 5.02 Å². The van der Waals surface area contributed by atoms with Crippen LogP contribution < -0.4 is 10.1 Å². The van der Waals surface area contributed by atoms with Crippen molar-refractivity contribution < 1.29 is 9.53 Å². The van der Waals surface area contributed by atoms with Crippen LogP contribution in [0.5, 0.6) is 5.75 Å². The van der Waals surface area contributed by atoms with Crippen LogP contribution in [0.4, 0.5) is 5.69 Å². The van der Waals surface area contributed by atoms with Crippen LogP contribution in [0.1, 0.15) is 15.4 Å². The molecule has 3 aromatic rings. The van der Waals surface area contributed by atoms with E-state index in [1.807, 2.05) is 37.3 Å². The van der Waals surface area contributed by atoms with Crippen molar-refractivity contribution in [3.8, 4) is 16.3 Å². The van der Waals surface area contributed by atoms with Crippen LogP contribution in [0.15, 0.2) is 48.5 Å². The summed E-state index contributed by atoms with van der Waals surface area (Å²) in [5, 5.41) is 4.19. The number of amides is 1. The molecule has 2 aromatic carbocycles. The molecule has 0 bridgehead atoms. The molecular weight excluding hydrogens is 344 g/mol. The van der Waals surface area contributed by atoms with Crippen molar-refractivity contribution >= 4 is 34.5 Å². The maximum absolute atomic E-state index is 12.6. The van der Waals surface area contributed by atoms with Gasteiger partial charge < -0.3 is 10.1 Å². The molecule has 0 radical (unpaired) electrons. The summed E-state index contributed by atoms with van der Waals surface area (Å²) in [6.45, 7) is 1.83. The highest BCUT2D eigenvalue weighted by atomic mass is 35.5. The van der Waals surface area contributed by atoms with Gasteiger partial charge in [-0.25, -0.2) is 4.98 Å². The molecule has 1 aromatic heterocycles. The first-order chi connectivity index (χ1) is 11.6. The van der Waals surface area contributed by atoms with Gasteiger partial charge in [-0.2, -0.15) is 0 Å². The SMILES string of the molecule is COc1ccc(Cl)cc1NC(=O)c1sc(-c2ccccc2)nc1C. The average Bonchev–Trinajstić information content (AvgIpc) is 2.98. The first kappa shape index (κ1) is 16.5. The summed E-state index contributed by atoms with van der Waals surface area (Å²) in [6.07, 6.45) is 0. The molecule has 1 amide bonds. The van der Waals surface area contributed by atoms with Gasteiger partial charge in [0.05, 0.1) is 18.5 Å². The molecule has 0 spiro atoms. The Morgan fingerprint density at radius 2 is 1.96 bits per heavy atom. The lowest BCUT2D eigenvalue weighted by Crippen LogP contribution is -2.12. The third-order valence-electron chi connectivity index (χ3n) is 3.43. The van der Waals surface area contributed by atoms with E-state index in [2.05, 4.69) is 10.3 Å². The lowest BCUT2D eigenvalue weighted by molar-refractivity contribution is 0.102. The lowest BCUT2D eigenvalue weighted by atomic mass is 10.2. The van der Waals surface area contributed by atoms with Crippen molar-refractivity contribution in [2.75, 3.05) is 12.4 Å². The van der Waals surface area contributed by atoms with Crippen molar-refractivity contribution in [1.29, 1.82) is 0 Å². The third-order valence-corrected chi connectivity index (χ3v) is 4.87. The van der Waals surface area contributed by atoms with Crippen molar-refractivity contribution in [2.24, 2.45) is 0 Å². The van der Waals surface area contributed by atoms with E-state index in [0.29, 0.717) is 27.0 Å². The van der Waals surface area contributed by atoms with Crippen molar-refractivity contribution in [1.82, 2.24) is 4.98 Å². The van der Waals surface area contributed by atoms with Crippen LogP contribution >= 0.6 is 22.9 Å². The van der Waals surface area contributed by atoms with E-state index in [1.54, 1.807) is 25.3 Å². The largest absolute Gasteiger partial charge is 0.495 e. The smallest absolute Gasteiger partial charge is 0.267 e. The Kier molecular flexibility index (Phi) is 4.83. The molecule has 0 saturated carbocycles. The van der Waals surface area contributed by atoms with Crippen molar-refractivity contribution in [3.63, 3.8) is 0 Å². The summed E-state index contributed by atoms with van der Waals surface area (Å²) < 4.78 is 5.26. The summed E-state index contributed by atoms with van der Waals surface area (Å²) in [7, 11) is 1.55. The van der Waals surface area contributed by atoms with E-state index >= 15 is 0 Å². The minimum absolute atomic E-state index is 0.229. The van der Waals surface area contributed by atoms with Gasteiger partial charge in [0.2, 0.25) is 0 Å². The van der Waals surface area contributed by atoms with Gasteiger partial charge in [0.25, 0.3) is 5.91 Å². The highest BCUT2D eigenvalue weighted by molar-refractivity contribution is 7.17. The molecular formula is C18H15ClN2O2S. The van der Waals surface area contributed by atoms with Gasteiger partial charge in [0.15, 0.2) is 0 Å². The monoisotopic (exact) mass is 358 g/mol. The Hall–Kier alpha value is -2.37. The second-order valence-electron chi connectivity index (χ2n) is 5.10. The number of nitrogens with one attached hydrogen (secondary N) is 1. The third kappa shape index (κ3) is 3.42. The predicted molar refractivity (Wildman–Crippen MR) is 98.2 cm³/mol. The molecule has 0 saturated heterocycles. The van der Waals surface area contributed by atoms with Gasteiger partial charge in [0, 0.05) is 10.6 Å². The van der Waals surface area contributed by atoms with Gasteiger partial charge in [0.1, 0.15) is 15.6 Å². The topological polar surface area (TPSA) is 51.2 Å². The first-order valence-electron chi connectivity index (χ1n) is 7.26. The zero-order chi connectivity index (χ0) is 17.1. The highest BCUT2D eigenvalue weighted by Crippen LogP contribution is 2.31. The highest BCUT2D eigenvalue weighted by Gasteiger charge is 2.17. The summed E-state index contributed by atoms with van der Waals surface area (Å²) in [4.78, 5) is 17.7. The Morgan fingerprint density at radius 3 is 2.67 bits per heavy atom. The number of aromatic nitrogens is 1. The summed E-state index contributed by atoms with van der Waals surface area (Å²) >= 11 is 7.36. The Labute approximate surface area is 149 Å². The molecule has 122 valence electrons. The molecule has 0 aliphatic heterocycles. The van der Waals surface area contributed by atoms with Gasteiger partial charge in [-0.05, 0) is 25.1 Å². The molecule has 0 aliphatic rings. The number of aryl methyl sites for hydroxylation is 1. The molecule has 0 aliphatic carbocycles.